The molecular formula is C29H34N6O4. The Kier molecular flexibility index (Phi) is 9.11. The van der Waals surface area contributed by atoms with Gasteiger partial charge in [-0.15, -0.1) is 0 Å². The number of methoxy groups -OCH3 is 2. The Morgan fingerprint density at radius 3 is 2.44 bits per heavy atom. The monoisotopic (exact) mass is 530 g/mol. The molecule has 2 amide bonds. The molecule has 39 heavy (non-hydrogen) atoms. The summed E-state index contributed by atoms with van der Waals surface area (Å²) in [5.41, 5.74) is 3.22. The number of carbonyl (C=O) groups is 2. The number of aromatic nitrogens is 3. The number of fused-ring (bicyclic) bond motifs is 1. The Morgan fingerprint density at radius 1 is 1.00 bits per heavy atom. The van der Waals surface area contributed by atoms with E-state index in [0.717, 1.165) is 31.6 Å². The predicted molar refractivity (Wildman–Crippen MR) is 151 cm³/mol. The molecule has 10 nitrogen and oxygen atoms in total. The van der Waals surface area contributed by atoms with Crippen molar-refractivity contribution in [3.8, 4) is 22.6 Å². The number of nitrogens with one attached hydrogen (secondary N) is 2. The molecule has 0 atom stereocenters. The highest BCUT2D eigenvalue weighted by Gasteiger charge is 2.20. The van der Waals surface area contributed by atoms with Crippen LogP contribution in [0.25, 0.3) is 16.8 Å². The molecule has 2 heterocycles. The Labute approximate surface area is 227 Å². The van der Waals surface area contributed by atoms with Gasteiger partial charge in [0.2, 0.25) is 0 Å². The molecule has 2 aromatic heterocycles. The molecule has 0 radical (unpaired) electrons. The van der Waals surface area contributed by atoms with Gasteiger partial charge in [-0.05, 0) is 62.0 Å². The van der Waals surface area contributed by atoms with Crippen LogP contribution in [0.5, 0.6) is 11.5 Å². The van der Waals surface area contributed by atoms with Crippen molar-refractivity contribution in [2.24, 2.45) is 0 Å². The molecule has 2 aromatic carbocycles. The maximum Gasteiger partial charge on any atom is 0.276 e. The second-order valence-corrected chi connectivity index (χ2v) is 8.84. The van der Waals surface area contributed by atoms with Gasteiger partial charge in [0, 0.05) is 30.6 Å². The van der Waals surface area contributed by atoms with Crippen molar-refractivity contribution in [3.63, 3.8) is 0 Å². The second-order valence-electron chi connectivity index (χ2n) is 8.84. The standard InChI is InChI=1S/C29H34N6O4/c1-5-34(6-2)17-7-16-31-28(36)21-11-9-20(10-12-21)26-22(13-14-24(38-3)27(26)39-4)32-29(37)23-19-25-30-15-8-18-35(25)33-23/h8-15,18-19H,5-7,16-17H2,1-4H3,(H,31,36)(H,32,37). The van der Waals surface area contributed by atoms with E-state index in [1.54, 1.807) is 63.0 Å². The third-order valence-corrected chi connectivity index (χ3v) is 6.53. The predicted octanol–water partition coefficient (Wildman–Crippen LogP) is 4.13. The average Bonchev–Trinajstić information content (AvgIpc) is 3.41. The highest BCUT2D eigenvalue weighted by Crippen LogP contribution is 2.43. The number of rotatable bonds is 12. The van der Waals surface area contributed by atoms with Gasteiger partial charge in [0.25, 0.3) is 11.8 Å². The molecule has 4 rings (SSSR count). The topological polar surface area (TPSA) is 110 Å². The van der Waals surface area contributed by atoms with Gasteiger partial charge in [-0.3, -0.25) is 9.59 Å². The highest BCUT2D eigenvalue weighted by atomic mass is 16.5. The van der Waals surface area contributed by atoms with E-state index in [-0.39, 0.29) is 11.6 Å². The summed E-state index contributed by atoms with van der Waals surface area (Å²) in [6.45, 7) is 7.82. The number of amides is 2. The molecule has 2 N–H and O–H groups in total. The van der Waals surface area contributed by atoms with Crippen LogP contribution in [0.3, 0.4) is 0 Å². The molecule has 0 aliphatic rings. The number of benzene rings is 2. The number of carbonyl (C=O) groups excluding carboxylic acids is 2. The first-order valence-corrected chi connectivity index (χ1v) is 13.0. The van der Waals surface area contributed by atoms with Crippen LogP contribution in [-0.2, 0) is 0 Å². The fraction of sp³-hybridized carbons (Fsp3) is 0.310. The van der Waals surface area contributed by atoms with Crippen LogP contribution in [0.2, 0.25) is 0 Å². The number of ether oxygens (including phenoxy) is 2. The molecule has 0 saturated carbocycles. The normalized spacial score (nSPS) is 11.0. The fourth-order valence-corrected chi connectivity index (χ4v) is 4.38. The van der Waals surface area contributed by atoms with E-state index in [1.807, 2.05) is 12.1 Å². The van der Waals surface area contributed by atoms with E-state index in [1.165, 1.54) is 4.52 Å². The summed E-state index contributed by atoms with van der Waals surface area (Å²) in [5, 5.41) is 10.2. The van der Waals surface area contributed by atoms with Gasteiger partial charge in [-0.1, -0.05) is 26.0 Å². The fourth-order valence-electron chi connectivity index (χ4n) is 4.38. The van der Waals surface area contributed by atoms with Crippen LogP contribution in [-0.4, -0.2) is 71.7 Å². The SMILES string of the molecule is CCN(CC)CCCNC(=O)c1ccc(-c2c(NC(=O)c3cc4ncccn4n3)ccc(OC)c2OC)cc1. The first-order chi connectivity index (χ1) is 19.0. The maximum absolute atomic E-state index is 13.1. The molecule has 4 aromatic rings. The lowest BCUT2D eigenvalue weighted by atomic mass is 9.99. The van der Waals surface area contributed by atoms with Crippen molar-refractivity contribution in [2.45, 2.75) is 20.3 Å². The van der Waals surface area contributed by atoms with Gasteiger partial charge >= 0.3 is 0 Å². The lowest BCUT2D eigenvalue weighted by molar-refractivity contribution is 0.0951. The lowest BCUT2D eigenvalue weighted by Gasteiger charge is -2.18. The molecule has 0 saturated heterocycles. The second kappa shape index (κ2) is 12.9. The molecule has 0 unspecified atom stereocenters. The van der Waals surface area contributed by atoms with Gasteiger partial charge < -0.3 is 25.0 Å². The van der Waals surface area contributed by atoms with Gasteiger partial charge in [0.05, 0.1) is 25.5 Å². The Balaban J connectivity index is 1.55. The van der Waals surface area contributed by atoms with Crippen molar-refractivity contribution in [3.05, 3.63) is 72.2 Å². The van der Waals surface area contributed by atoms with Crippen molar-refractivity contribution in [1.29, 1.82) is 0 Å². The van der Waals surface area contributed by atoms with Gasteiger partial charge in [0.1, 0.15) is 0 Å². The number of hydrogen-bond donors (Lipinski definition) is 2. The van der Waals surface area contributed by atoms with Crippen molar-refractivity contribution in [1.82, 2.24) is 24.8 Å². The van der Waals surface area contributed by atoms with Crippen LogP contribution in [0, 0.1) is 0 Å². The third-order valence-electron chi connectivity index (χ3n) is 6.53. The number of hydrogen-bond acceptors (Lipinski definition) is 7. The lowest BCUT2D eigenvalue weighted by Crippen LogP contribution is -2.29. The summed E-state index contributed by atoms with van der Waals surface area (Å²) in [6.07, 6.45) is 4.25. The maximum atomic E-state index is 13.1. The van der Waals surface area contributed by atoms with Crippen LogP contribution in [0.15, 0.2) is 60.9 Å². The quantitative estimate of drug-likeness (QED) is 0.265. The molecule has 0 aliphatic carbocycles. The molecule has 0 aliphatic heterocycles. The summed E-state index contributed by atoms with van der Waals surface area (Å²) >= 11 is 0. The van der Waals surface area contributed by atoms with Crippen LogP contribution in [0.4, 0.5) is 5.69 Å². The average molecular weight is 531 g/mol. The van der Waals surface area contributed by atoms with Crippen molar-refractivity contribution in [2.75, 3.05) is 45.7 Å². The van der Waals surface area contributed by atoms with E-state index < -0.39 is 5.91 Å². The van der Waals surface area contributed by atoms with Crippen LogP contribution in [0.1, 0.15) is 41.1 Å². The van der Waals surface area contributed by atoms with E-state index in [4.69, 9.17) is 9.47 Å². The zero-order valence-electron chi connectivity index (χ0n) is 22.7. The minimum atomic E-state index is -0.394. The minimum absolute atomic E-state index is 0.132. The van der Waals surface area contributed by atoms with Gasteiger partial charge in [-0.25, -0.2) is 9.50 Å². The van der Waals surface area contributed by atoms with Crippen molar-refractivity contribution < 1.29 is 19.1 Å². The number of anilines is 1. The zero-order valence-corrected chi connectivity index (χ0v) is 22.7. The summed E-state index contributed by atoms with van der Waals surface area (Å²) < 4.78 is 12.7. The Bertz CT molecular complexity index is 1400. The summed E-state index contributed by atoms with van der Waals surface area (Å²) in [5.74, 6) is 0.445. The van der Waals surface area contributed by atoms with Gasteiger partial charge in [0.15, 0.2) is 22.8 Å². The van der Waals surface area contributed by atoms with E-state index >= 15 is 0 Å². The molecule has 0 fully saturated rings. The van der Waals surface area contributed by atoms with Crippen molar-refractivity contribution >= 4 is 23.1 Å². The smallest absolute Gasteiger partial charge is 0.276 e. The molecule has 204 valence electrons. The van der Waals surface area contributed by atoms with Gasteiger partial charge in [-0.2, -0.15) is 5.10 Å². The summed E-state index contributed by atoms with van der Waals surface area (Å²) in [6, 6.07) is 14.0. The molecule has 10 heteroatoms. The minimum Gasteiger partial charge on any atom is -0.493 e. The highest BCUT2D eigenvalue weighted by molar-refractivity contribution is 6.06. The first kappa shape index (κ1) is 27.6. The van der Waals surface area contributed by atoms with Crippen LogP contribution >= 0.6 is 0 Å². The largest absolute Gasteiger partial charge is 0.493 e. The van der Waals surface area contributed by atoms with E-state index in [0.29, 0.717) is 40.5 Å². The Hall–Kier alpha value is -4.44. The Morgan fingerprint density at radius 2 is 1.77 bits per heavy atom. The zero-order chi connectivity index (χ0) is 27.8. The van der Waals surface area contributed by atoms with Crippen LogP contribution < -0.4 is 20.1 Å². The first-order valence-electron chi connectivity index (χ1n) is 13.0. The number of nitrogens with zero attached hydrogens (tertiary/aromatic N) is 4. The molecule has 0 spiro atoms. The van der Waals surface area contributed by atoms with E-state index in [9.17, 15) is 9.59 Å². The summed E-state index contributed by atoms with van der Waals surface area (Å²) in [7, 11) is 3.10. The summed E-state index contributed by atoms with van der Waals surface area (Å²) in [4.78, 5) is 32.4. The van der Waals surface area contributed by atoms with E-state index in [2.05, 4.69) is 39.5 Å². The third kappa shape index (κ3) is 6.35. The molecular weight excluding hydrogens is 496 g/mol. The molecule has 0 bridgehead atoms.